The molecule has 0 unspecified atom stereocenters. The molecule has 0 aliphatic carbocycles. The van der Waals surface area contributed by atoms with Gasteiger partial charge < -0.3 is 14.4 Å². The van der Waals surface area contributed by atoms with E-state index in [0.717, 1.165) is 12.0 Å². The maximum absolute atomic E-state index is 12.8. The summed E-state index contributed by atoms with van der Waals surface area (Å²) in [6.45, 7) is 3.59. The molecule has 3 rings (SSSR count). The van der Waals surface area contributed by atoms with E-state index < -0.39 is 0 Å². The Morgan fingerprint density at radius 3 is 2.06 bits per heavy atom. The first kappa shape index (κ1) is 22.1. The fraction of sp³-hybridized carbons (Fsp3) is 0.231. The topological polar surface area (TPSA) is 51.1 Å². The van der Waals surface area contributed by atoms with Gasteiger partial charge >= 0.3 is 0 Å². The summed E-state index contributed by atoms with van der Waals surface area (Å²) in [4.78, 5) is 19.2. The average molecular weight is 417 g/mol. The van der Waals surface area contributed by atoms with Crippen molar-refractivity contribution in [2.45, 2.75) is 19.9 Å². The summed E-state index contributed by atoms with van der Waals surface area (Å²) >= 11 is 0. The molecule has 0 fully saturated rings. The first-order valence-electron chi connectivity index (χ1n) is 10.4. The number of amidine groups is 1. The van der Waals surface area contributed by atoms with Crippen LogP contribution in [0.2, 0.25) is 0 Å². The van der Waals surface area contributed by atoms with Crippen LogP contribution in [0.1, 0.15) is 28.4 Å². The molecule has 3 aromatic carbocycles. The van der Waals surface area contributed by atoms with Crippen molar-refractivity contribution in [3.8, 4) is 5.75 Å². The van der Waals surface area contributed by atoms with Gasteiger partial charge in [0.25, 0.3) is 11.9 Å². The molecule has 0 heterocycles. The average Bonchev–Trinajstić information content (AvgIpc) is 2.83. The van der Waals surface area contributed by atoms with Crippen molar-refractivity contribution in [2.75, 3.05) is 20.3 Å². The lowest BCUT2D eigenvalue weighted by Crippen LogP contribution is -2.35. The van der Waals surface area contributed by atoms with Crippen LogP contribution < -0.4 is 4.74 Å². The zero-order valence-corrected chi connectivity index (χ0v) is 18.0. The lowest BCUT2D eigenvalue weighted by atomic mass is 10.1. The molecule has 0 N–H and O–H groups in total. The molecule has 5 nitrogen and oxygen atoms in total. The molecule has 0 saturated carbocycles. The van der Waals surface area contributed by atoms with E-state index in [1.165, 1.54) is 5.56 Å². The number of benzene rings is 3. The van der Waals surface area contributed by atoms with E-state index in [4.69, 9.17) is 9.47 Å². The Morgan fingerprint density at radius 1 is 0.871 bits per heavy atom. The largest absolute Gasteiger partial charge is 0.497 e. The maximum Gasteiger partial charge on any atom is 0.295 e. The molecule has 0 bridgehead atoms. The van der Waals surface area contributed by atoms with Crippen molar-refractivity contribution in [2.24, 2.45) is 4.99 Å². The van der Waals surface area contributed by atoms with Gasteiger partial charge in [-0.2, -0.15) is 4.99 Å². The van der Waals surface area contributed by atoms with Crippen LogP contribution >= 0.6 is 0 Å². The van der Waals surface area contributed by atoms with Crippen molar-refractivity contribution in [3.63, 3.8) is 0 Å². The third-order valence-electron chi connectivity index (χ3n) is 4.81. The Bertz CT molecular complexity index is 971. The Labute approximate surface area is 184 Å². The van der Waals surface area contributed by atoms with E-state index >= 15 is 0 Å². The smallest absolute Gasteiger partial charge is 0.295 e. The highest BCUT2D eigenvalue weighted by molar-refractivity contribution is 6.01. The van der Waals surface area contributed by atoms with Gasteiger partial charge in [-0.25, -0.2) is 0 Å². The Kier molecular flexibility index (Phi) is 8.23. The molecule has 0 radical (unpaired) electrons. The van der Waals surface area contributed by atoms with Gasteiger partial charge in [-0.15, -0.1) is 0 Å². The lowest BCUT2D eigenvalue weighted by molar-refractivity contribution is 0.0993. The van der Waals surface area contributed by atoms with E-state index in [-0.39, 0.29) is 5.91 Å². The summed E-state index contributed by atoms with van der Waals surface area (Å²) in [7, 11) is 1.59. The normalized spacial score (nSPS) is 11.1. The predicted molar refractivity (Wildman–Crippen MR) is 123 cm³/mol. The molecule has 0 saturated heterocycles. The summed E-state index contributed by atoms with van der Waals surface area (Å²) in [5.41, 5.74) is 2.83. The molecule has 0 atom stereocenters. The number of rotatable bonds is 8. The number of carbonyl (C=O) groups is 1. The van der Waals surface area contributed by atoms with Crippen molar-refractivity contribution >= 4 is 11.9 Å². The highest BCUT2D eigenvalue weighted by atomic mass is 16.5. The third-order valence-corrected chi connectivity index (χ3v) is 4.81. The van der Waals surface area contributed by atoms with Gasteiger partial charge in [0.1, 0.15) is 5.75 Å². The van der Waals surface area contributed by atoms with Crippen molar-refractivity contribution in [3.05, 3.63) is 102 Å². The molecule has 31 heavy (non-hydrogen) atoms. The summed E-state index contributed by atoms with van der Waals surface area (Å²) in [5, 5.41) is 0. The quantitative estimate of drug-likeness (QED) is 0.384. The van der Waals surface area contributed by atoms with Crippen molar-refractivity contribution in [1.82, 2.24) is 4.90 Å². The molecule has 0 spiro atoms. The number of hydrogen-bond acceptors (Lipinski definition) is 3. The molecule has 1 amide bonds. The van der Waals surface area contributed by atoms with Crippen LogP contribution in [0.4, 0.5) is 0 Å². The van der Waals surface area contributed by atoms with Gasteiger partial charge in [-0.3, -0.25) is 4.79 Å². The second-order valence-electron chi connectivity index (χ2n) is 7.00. The molecular weight excluding hydrogens is 388 g/mol. The van der Waals surface area contributed by atoms with E-state index in [1.807, 2.05) is 48.2 Å². The zero-order chi connectivity index (χ0) is 21.9. The minimum Gasteiger partial charge on any atom is -0.497 e. The van der Waals surface area contributed by atoms with Gasteiger partial charge in [0.15, 0.2) is 0 Å². The van der Waals surface area contributed by atoms with Crippen LogP contribution in [-0.2, 0) is 17.7 Å². The first-order valence-corrected chi connectivity index (χ1v) is 10.4. The summed E-state index contributed by atoms with van der Waals surface area (Å²) in [5.74, 6) is 0.350. The Balaban J connectivity index is 1.85. The highest BCUT2D eigenvalue weighted by Crippen LogP contribution is 2.14. The first-order chi connectivity index (χ1) is 15.2. The second kappa shape index (κ2) is 11.6. The van der Waals surface area contributed by atoms with Crippen molar-refractivity contribution in [1.29, 1.82) is 0 Å². The van der Waals surface area contributed by atoms with Gasteiger partial charge in [-0.1, -0.05) is 60.7 Å². The van der Waals surface area contributed by atoms with E-state index in [9.17, 15) is 4.79 Å². The predicted octanol–water partition coefficient (Wildman–Crippen LogP) is 4.97. The summed E-state index contributed by atoms with van der Waals surface area (Å²) in [6.07, 6.45) is 0.816. The number of nitrogens with zero attached hydrogens (tertiary/aromatic N) is 2. The van der Waals surface area contributed by atoms with Gasteiger partial charge in [0.2, 0.25) is 0 Å². The number of hydrogen-bond donors (Lipinski definition) is 0. The van der Waals surface area contributed by atoms with Crippen LogP contribution in [0.3, 0.4) is 0 Å². The Morgan fingerprint density at radius 2 is 1.48 bits per heavy atom. The molecule has 0 aliphatic rings. The number of carbonyl (C=O) groups excluding carboxylic acids is 1. The Hall–Kier alpha value is -3.60. The number of aliphatic imine (C=N–C) groups is 1. The van der Waals surface area contributed by atoms with E-state index in [1.54, 1.807) is 31.4 Å². The third kappa shape index (κ3) is 6.71. The minimum atomic E-state index is -0.344. The van der Waals surface area contributed by atoms with Crippen LogP contribution in [0, 0.1) is 0 Å². The molecular formula is C26H28N2O3. The summed E-state index contributed by atoms with van der Waals surface area (Å²) in [6, 6.07) is 27.6. The van der Waals surface area contributed by atoms with E-state index in [2.05, 4.69) is 29.3 Å². The number of methoxy groups -OCH3 is 1. The molecule has 0 aromatic heterocycles. The fourth-order valence-corrected chi connectivity index (χ4v) is 3.16. The SMILES string of the molecule is CCOC(=NC(=O)c1ccc(OC)cc1)N(CCc1ccccc1)Cc1ccccc1. The molecule has 3 aromatic rings. The standard InChI is InChI=1S/C26H28N2O3/c1-3-31-26(27-25(29)23-14-16-24(30-2)17-15-23)28(20-22-12-8-5-9-13-22)19-18-21-10-6-4-7-11-21/h4-17H,3,18-20H2,1-2H3. The van der Waals surface area contributed by atoms with Crippen molar-refractivity contribution < 1.29 is 14.3 Å². The van der Waals surface area contributed by atoms with Gasteiger partial charge in [-0.05, 0) is 48.7 Å². The minimum absolute atomic E-state index is 0.336. The van der Waals surface area contributed by atoms with E-state index in [0.29, 0.717) is 37.0 Å². The second-order valence-corrected chi connectivity index (χ2v) is 7.00. The van der Waals surface area contributed by atoms with Crippen LogP contribution in [0.5, 0.6) is 5.75 Å². The molecule has 160 valence electrons. The molecule has 5 heteroatoms. The van der Waals surface area contributed by atoms with Crippen LogP contribution in [0.15, 0.2) is 89.9 Å². The van der Waals surface area contributed by atoms with Gasteiger partial charge in [0.05, 0.1) is 13.7 Å². The van der Waals surface area contributed by atoms with Crippen LogP contribution in [0.25, 0.3) is 0 Å². The van der Waals surface area contributed by atoms with Crippen LogP contribution in [-0.4, -0.2) is 37.1 Å². The number of ether oxygens (including phenoxy) is 2. The highest BCUT2D eigenvalue weighted by Gasteiger charge is 2.17. The lowest BCUT2D eigenvalue weighted by Gasteiger charge is -2.25. The maximum atomic E-state index is 12.8. The fourth-order valence-electron chi connectivity index (χ4n) is 3.16. The number of amides is 1. The molecule has 0 aliphatic heterocycles. The van der Waals surface area contributed by atoms with Gasteiger partial charge in [0, 0.05) is 18.7 Å². The zero-order valence-electron chi connectivity index (χ0n) is 18.0. The summed E-state index contributed by atoms with van der Waals surface area (Å²) < 4.78 is 11.0. The monoisotopic (exact) mass is 416 g/mol.